The van der Waals surface area contributed by atoms with Gasteiger partial charge in [0.1, 0.15) is 12.4 Å². The number of rotatable bonds is 3. The number of hydrogen-bond acceptors (Lipinski definition) is 2. The number of hydrogen-bond donors (Lipinski definition) is 1. The number of benzene rings is 1. The maximum atomic E-state index is 13.1. The Balaban J connectivity index is 2.30. The molecule has 0 radical (unpaired) electrons. The molecule has 0 spiro atoms. The summed E-state index contributed by atoms with van der Waals surface area (Å²) in [5, 5.41) is 3.36. The summed E-state index contributed by atoms with van der Waals surface area (Å²) in [4.78, 5) is 0. The van der Waals surface area contributed by atoms with E-state index in [1.165, 1.54) is 0 Å². The Morgan fingerprint density at radius 3 is 3.00 bits per heavy atom. The molecule has 2 rings (SSSR count). The van der Waals surface area contributed by atoms with Crippen LogP contribution in [0, 0.1) is 0 Å². The zero-order valence-corrected chi connectivity index (χ0v) is 9.63. The van der Waals surface area contributed by atoms with Gasteiger partial charge >= 0.3 is 0 Å². The quantitative estimate of drug-likeness (QED) is 0.850. The van der Waals surface area contributed by atoms with Gasteiger partial charge in [-0.25, -0.2) is 4.39 Å². The van der Waals surface area contributed by atoms with Crippen LogP contribution in [0.25, 0.3) is 0 Å². The predicted octanol–water partition coefficient (Wildman–Crippen LogP) is 2.63. The van der Waals surface area contributed by atoms with Crippen LogP contribution >= 0.6 is 0 Å². The molecule has 1 atom stereocenters. The maximum absolute atomic E-state index is 13.1. The SMILES string of the molecule is COc1cccc(C2CCCNC2)c1CF. The zero-order chi connectivity index (χ0) is 11.4. The second kappa shape index (κ2) is 5.30. The number of alkyl halides is 1. The van der Waals surface area contributed by atoms with Crippen LogP contribution in [0.15, 0.2) is 18.2 Å². The summed E-state index contributed by atoms with van der Waals surface area (Å²) in [7, 11) is 1.59. The number of ether oxygens (including phenoxy) is 1. The molecule has 1 aromatic rings. The first-order chi connectivity index (χ1) is 7.86. The van der Waals surface area contributed by atoms with Crippen molar-refractivity contribution in [1.82, 2.24) is 5.32 Å². The Morgan fingerprint density at radius 2 is 2.38 bits per heavy atom. The molecule has 1 aliphatic rings. The van der Waals surface area contributed by atoms with Crippen LogP contribution in [-0.4, -0.2) is 20.2 Å². The summed E-state index contributed by atoms with van der Waals surface area (Å²) in [6.07, 6.45) is 2.29. The second-order valence-corrected chi connectivity index (χ2v) is 4.20. The molecular weight excluding hydrogens is 205 g/mol. The van der Waals surface area contributed by atoms with Gasteiger partial charge in [0.25, 0.3) is 0 Å². The van der Waals surface area contributed by atoms with Gasteiger partial charge in [-0.2, -0.15) is 0 Å². The maximum Gasteiger partial charge on any atom is 0.124 e. The number of piperidine rings is 1. The van der Waals surface area contributed by atoms with Crippen molar-refractivity contribution in [2.24, 2.45) is 0 Å². The fourth-order valence-corrected chi connectivity index (χ4v) is 2.42. The normalized spacial score (nSPS) is 20.8. The molecule has 1 saturated heterocycles. The summed E-state index contributed by atoms with van der Waals surface area (Å²) in [5.74, 6) is 1.10. The molecule has 1 unspecified atom stereocenters. The van der Waals surface area contributed by atoms with E-state index >= 15 is 0 Å². The molecule has 1 fully saturated rings. The van der Waals surface area contributed by atoms with Gasteiger partial charge in [-0.3, -0.25) is 0 Å². The summed E-state index contributed by atoms with van der Waals surface area (Å²) >= 11 is 0. The lowest BCUT2D eigenvalue weighted by molar-refractivity contribution is 0.387. The van der Waals surface area contributed by atoms with Gasteiger partial charge in [0.05, 0.1) is 7.11 Å². The third-order valence-electron chi connectivity index (χ3n) is 3.26. The Labute approximate surface area is 95.8 Å². The van der Waals surface area contributed by atoms with Gasteiger partial charge in [-0.1, -0.05) is 12.1 Å². The molecule has 1 N–H and O–H groups in total. The molecule has 0 saturated carbocycles. The van der Waals surface area contributed by atoms with Crippen molar-refractivity contribution in [2.75, 3.05) is 20.2 Å². The Kier molecular flexibility index (Phi) is 3.78. The fourth-order valence-electron chi connectivity index (χ4n) is 2.42. The van der Waals surface area contributed by atoms with E-state index in [2.05, 4.69) is 5.32 Å². The Morgan fingerprint density at radius 1 is 1.50 bits per heavy atom. The lowest BCUT2D eigenvalue weighted by atomic mass is 9.88. The molecule has 0 bridgehead atoms. The van der Waals surface area contributed by atoms with E-state index in [4.69, 9.17) is 4.74 Å². The van der Waals surface area contributed by atoms with Crippen LogP contribution in [0.4, 0.5) is 4.39 Å². The molecular formula is C13H18FNO. The van der Waals surface area contributed by atoms with Gasteiger partial charge in [0, 0.05) is 12.1 Å². The standard InChI is InChI=1S/C13H18FNO/c1-16-13-6-2-5-11(12(13)8-14)10-4-3-7-15-9-10/h2,5-6,10,15H,3-4,7-9H2,1H3. The highest BCUT2D eigenvalue weighted by atomic mass is 19.1. The average Bonchev–Trinajstić information content (AvgIpc) is 2.38. The summed E-state index contributed by atoms with van der Waals surface area (Å²) in [6, 6.07) is 5.80. The van der Waals surface area contributed by atoms with E-state index in [1.54, 1.807) is 7.11 Å². The largest absolute Gasteiger partial charge is 0.496 e. The zero-order valence-electron chi connectivity index (χ0n) is 9.63. The highest BCUT2D eigenvalue weighted by Crippen LogP contribution is 2.32. The Bertz CT molecular complexity index is 348. The third-order valence-corrected chi connectivity index (χ3v) is 3.26. The fraction of sp³-hybridized carbons (Fsp3) is 0.538. The molecule has 1 aliphatic heterocycles. The number of halogens is 1. The molecule has 0 aliphatic carbocycles. The predicted molar refractivity (Wildman–Crippen MR) is 62.7 cm³/mol. The molecule has 88 valence electrons. The minimum absolute atomic E-state index is 0.426. The first kappa shape index (κ1) is 11.4. The van der Waals surface area contributed by atoms with Crippen LogP contribution < -0.4 is 10.1 Å². The van der Waals surface area contributed by atoms with Crippen molar-refractivity contribution in [3.63, 3.8) is 0 Å². The van der Waals surface area contributed by atoms with Gasteiger partial charge in [-0.15, -0.1) is 0 Å². The van der Waals surface area contributed by atoms with Crippen molar-refractivity contribution in [3.05, 3.63) is 29.3 Å². The number of methoxy groups -OCH3 is 1. The van der Waals surface area contributed by atoms with Crippen molar-refractivity contribution < 1.29 is 9.13 Å². The molecule has 0 aromatic heterocycles. The van der Waals surface area contributed by atoms with Crippen molar-refractivity contribution in [1.29, 1.82) is 0 Å². The molecule has 2 nitrogen and oxygen atoms in total. The average molecular weight is 223 g/mol. The topological polar surface area (TPSA) is 21.3 Å². The summed E-state index contributed by atoms with van der Waals surface area (Å²) in [5.41, 5.74) is 1.83. The first-order valence-electron chi connectivity index (χ1n) is 5.79. The lowest BCUT2D eigenvalue weighted by Crippen LogP contribution is -2.28. The molecule has 1 heterocycles. The Hall–Kier alpha value is -1.09. The van der Waals surface area contributed by atoms with Gasteiger partial charge < -0.3 is 10.1 Å². The molecule has 1 aromatic carbocycles. The third kappa shape index (κ3) is 2.19. The smallest absolute Gasteiger partial charge is 0.124 e. The summed E-state index contributed by atoms with van der Waals surface area (Å²) in [6.45, 7) is 1.57. The molecule has 0 amide bonds. The van der Waals surface area contributed by atoms with Crippen LogP contribution in [0.5, 0.6) is 5.75 Å². The van der Waals surface area contributed by atoms with Crippen molar-refractivity contribution in [2.45, 2.75) is 25.4 Å². The monoisotopic (exact) mass is 223 g/mol. The molecule has 16 heavy (non-hydrogen) atoms. The minimum atomic E-state index is -0.449. The van der Waals surface area contributed by atoms with E-state index in [0.29, 0.717) is 11.7 Å². The second-order valence-electron chi connectivity index (χ2n) is 4.20. The highest BCUT2D eigenvalue weighted by molar-refractivity contribution is 5.42. The van der Waals surface area contributed by atoms with Gasteiger partial charge in [0.2, 0.25) is 0 Å². The van der Waals surface area contributed by atoms with Crippen LogP contribution in [0.3, 0.4) is 0 Å². The number of nitrogens with one attached hydrogen (secondary N) is 1. The van der Waals surface area contributed by atoms with E-state index in [1.807, 2.05) is 18.2 Å². The van der Waals surface area contributed by atoms with Crippen LogP contribution in [0.2, 0.25) is 0 Å². The molecule has 3 heteroatoms. The minimum Gasteiger partial charge on any atom is -0.496 e. The summed E-state index contributed by atoms with van der Waals surface area (Å²) < 4.78 is 18.3. The van der Waals surface area contributed by atoms with Gasteiger partial charge in [-0.05, 0) is 36.9 Å². The van der Waals surface area contributed by atoms with Crippen molar-refractivity contribution in [3.8, 4) is 5.75 Å². The van der Waals surface area contributed by atoms with Crippen LogP contribution in [0.1, 0.15) is 29.9 Å². The van der Waals surface area contributed by atoms with Crippen LogP contribution in [-0.2, 0) is 6.67 Å². The van der Waals surface area contributed by atoms with E-state index in [0.717, 1.165) is 37.1 Å². The van der Waals surface area contributed by atoms with E-state index < -0.39 is 6.67 Å². The van der Waals surface area contributed by atoms with Crippen molar-refractivity contribution >= 4 is 0 Å². The van der Waals surface area contributed by atoms with E-state index in [-0.39, 0.29) is 0 Å². The van der Waals surface area contributed by atoms with Gasteiger partial charge in [0.15, 0.2) is 0 Å². The van der Waals surface area contributed by atoms with E-state index in [9.17, 15) is 4.39 Å². The first-order valence-corrected chi connectivity index (χ1v) is 5.79. The lowest BCUT2D eigenvalue weighted by Gasteiger charge is -2.25. The highest BCUT2D eigenvalue weighted by Gasteiger charge is 2.19.